The van der Waals surface area contributed by atoms with Crippen molar-refractivity contribution in [2.75, 3.05) is 6.54 Å². The topological polar surface area (TPSA) is 12.0 Å². The number of hydrogen-bond donors (Lipinski definition) is 1. The van der Waals surface area contributed by atoms with Gasteiger partial charge >= 0.3 is 0 Å². The van der Waals surface area contributed by atoms with E-state index in [0.29, 0.717) is 0 Å². The molecule has 0 saturated heterocycles. The fourth-order valence-electron chi connectivity index (χ4n) is 1.44. The summed E-state index contributed by atoms with van der Waals surface area (Å²) in [6.45, 7) is 7.33. The van der Waals surface area contributed by atoms with Gasteiger partial charge in [0.05, 0.1) is 0 Å². The van der Waals surface area contributed by atoms with Crippen LogP contribution in [0.1, 0.15) is 32.8 Å². The lowest BCUT2D eigenvalue weighted by atomic mass is 10.1. The van der Waals surface area contributed by atoms with E-state index in [2.05, 4.69) is 26.1 Å². The van der Waals surface area contributed by atoms with Gasteiger partial charge in [0.1, 0.15) is 5.82 Å². The molecule has 0 unspecified atom stereocenters. The number of rotatable bonds is 4. The zero-order valence-corrected chi connectivity index (χ0v) is 9.81. The predicted octanol–water partition coefficient (Wildman–Crippen LogP) is 3.15. The Hall–Kier alpha value is -0.890. The molecule has 1 aromatic rings. The van der Waals surface area contributed by atoms with E-state index in [9.17, 15) is 4.39 Å². The van der Waals surface area contributed by atoms with Crippen molar-refractivity contribution >= 4 is 0 Å². The summed E-state index contributed by atoms with van der Waals surface area (Å²) in [5, 5.41) is 3.39. The number of nitrogens with one attached hydrogen (secondary N) is 1. The Morgan fingerprint density at radius 1 is 1.20 bits per heavy atom. The molecule has 1 rings (SSSR count). The van der Waals surface area contributed by atoms with Crippen molar-refractivity contribution in [2.24, 2.45) is 0 Å². The van der Waals surface area contributed by atoms with E-state index in [1.807, 2.05) is 12.1 Å². The number of benzene rings is 1. The molecule has 0 saturated carbocycles. The molecule has 0 radical (unpaired) electrons. The predicted molar refractivity (Wildman–Crippen MR) is 62.5 cm³/mol. The first kappa shape index (κ1) is 12.2. The summed E-state index contributed by atoms with van der Waals surface area (Å²) < 4.78 is 13.2. The SMILES string of the molecule is CC(C)(C)NCCCc1ccccc1F. The zero-order valence-electron chi connectivity index (χ0n) is 9.81. The number of halogens is 1. The number of hydrogen-bond acceptors (Lipinski definition) is 1. The standard InChI is InChI=1S/C13H20FN/c1-13(2,3)15-10-6-8-11-7-4-5-9-12(11)14/h4-5,7,9,15H,6,8,10H2,1-3H3. The molecular weight excluding hydrogens is 189 g/mol. The Morgan fingerprint density at radius 2 is 1.87 bits per heavy atom. The van der Waals surface area contributed by atoms with E-state index in [0.717, 1.165) is 24.9 Å². The summed E-state index contributed by atoms with van der Waals surface area (Å²) in [6.07, 6.45) is 1.77. The van der Waals surface area contributed by atoms with Crippen molar-refractivity contribution < 1.29 is 4.39 Å². The van der Waals surface area contributed by atoms with E-state index in [-0.39, 0.29) is 11.4 Å². The zero-order chi connectivity index (χ0) is 11.3. The van der Waals surface area contributed by atoms with Crippen LogP contribution in [0.15, 0.2) is 24.3 Å². The quantitative estimate of drug-likeness (QED) is 0.751. The maximum absolute atomic E-state index is 13.2. The second-order valence-electron chi connectivity index (χ2n) is 4.87. The van der Waals surface area contributed by atoms with E-state index in [1.54, 1.807) is 6.07 Å². The Balaban J connectivity index is 2.30. The highest BCUT2D eigenvalue weighted by molar-refractivity contribution is 5.17. The van der Waals surface area contributed by atoms with E-state index < -0.39 is 0 Å². The lowest BCUT2D eigenvalue weighted by Gasteiger charge is -2.20. The average Bonchev–Trinajstić information content (AvgIpc) is 2.13. The summed E-state index contributed by atoms with van der Waals surface area (Å²) in [5.41, 5.74) is 0.961. The number of aryl methyl sites for hydroxylation is 1. The first-order valence-electron chi connectivity index (χ1n) is 5.47. The van der Waals surface area contributed by atoms with Gasteiger partial charge in [-0.05, 0) is 51.8 Å². The van der Waals surface area contributed by atoms with Crippen LogP contribution in [0.25, 0.3) is 0 Å². The van der Waals surface area contributed by atoms with Gasteiger partial charge in [-0.25, -0.2) is 4.39 Å². The first-order valence-corrected chi connectivity index (χ1v) is 5.47. The average molecular weight is 209 g/mol. The highest BCUT2D eigenvalue weighted by Gasteiger charge is 2.07. The molecule has 1 nitrogen and oxygen atoms in total. The van der Waals surface area contributed by atoms with Crippen LogP contribution in [0, 0.1) is 5.82 Å². The van der Waals surface area contributed by atoms with Crippen molar-refractivity contribution in [3.05, 3.63) is 35.6 Å². The molecule has 0 spiro atoms. The molecule has 0 amide bonds. The second-order valence-corrected chi connectivity index (χ2v) is 4.87. The van der Waals surface area contributed by atoms with Gasteiger partial charge in [-0.15, -0.1) is 0 Å². The molecule has 0 bridgehead atoms. The van der Waals surface area contributed by atoms with Crippen LogP contribution in [0.3, 0.4) is 0 Å². The molecule has 0 fully saturated rings. The van der Waals surface area contributed by atoms with Crippen molar-refractivity contribution in [2.45, 2.75) is 39.2 Å². The molecule has 0 aliphatic rings. The minimum atomic E-state index is -0.0896. The third-order valence-corrected chi connectivity index (χ3v) is 2.24. The van der Waals surface area contributed by atoms with Gasteiger partial charge in [0.15, 0.2) is 0 Å². The van der Waals surface area contributed by atoms with Crippen LogP contribution in [0.2, 0.25) is 0 Å². The molecule has 0 heterocycles. The molecule has 0 aromatic heterocycles. The summed E-state index contributed by atoms with van der Waals surface area (Å²) in [6, 6.07) is 6.99. The highest BCUT2D eigenvalue weighted by atomic mass is 19.1. The van der Waals surface area contributed by atoms with E-state index in [4.69, 9.17) is 0 Å². The summed E-state index contributed by atoms with van der Waals surface area (Å²) in [5.74, 6) is -0.0896. The van der Waals surface area contributed by atoms with Gasteiger partial charge in [0.25, 0.3) is 0 Å². The largest absolute Gasteiger partial charge is 0.312 e. The van der Waals surface area contributed by atoms with Gasteiger partial charge in [0, 0.05) is 5.54 Å². The maximum atomic E-state index is 13.2. The molecule has 84 valence electrons. The lowest BCUT2D eigenvalue weighted by molar-refractivity contribution is 0.421. The minimum absolute atomic E-state index is 0.0896. The van der Waals surface area contributed by atoms with Gasteiger partial charge in [-0.3, -0.25) is 0 Å². The molecule has 1 N–H and O–H groups in total. The van der Waals surface area contributed by atoms with Gasteiger partial charge in [-0.1, -0.05) is 18.2 Å². The van der Waals surface area contributed by atoms with Crippen LogP contribution >= 0.6 is 0 Å². The Morgan fingerprint density at radius 3 is 2.47 bits per heavy atom. The van der Waals surface area contributed by atoms with E-state index >= 15 is 0 Å². The van der Waals surface area contributed by atoms with Gasteiger partial charge in [-0.2, -0.15) is 0 Å². The molecule has 0 aliphatic carbocycles. The van der Waals surface area contributed by atoms with Crippen LogP contribution in [0.4, 0.5) is 4.39 Å². The Labute approximate surface area is 91.7 Å². The second kappa shape index (κ2) is 5.26. The summed E-state index contributed by atoms with van der Waals surface area (Å²) in [7, 11) is 0. The van der Waals surface area contributed by atoms with Crippen molar-refractivity contribution in [3.8, 4) is 0 Å². The molecule has 0 atom stereocenters. The van der Waals surface area contributed by atoms with Crippen LogP contribution in [-0.4, -0.2) is 12.1 Å². The molecule has 15 heavy (non-hydrogen) atoms. The third-order valence-electron chi connectivity index (χ3n) is 2.24. The highest BCUT2D eigenvalue weighted by Crippen LogP contribution is 2.08. The monoisotopic (exact) mass is 209 g/mol. The summed E-state index contributed by atoms with van der Waals surface area (Å²) >= 11 is 0. The maximum Gasteiger partial charge on any atom is 0.126 e. The van der Waals surface area contributed by atoms with Crippen molar-refractivity contribution in [1.82, 2.24) is 5.32 Å². The van der Waals surface area contributed by atoms with Crippen molar-refractivity contribution in [3.63, 3.8) is 0 Å². The lowest BCUT2D eigenvalue weighted by Crippen LogP contribution is -2.36. The summed E-state index contributed by atoms with van der Waals surface area (Å²) in [4.78, 5) is 0. The fraction of sp³-hybridized carbons (Fsp3) is 0.538. The molecule has 0 aliphatic heterocycles. The van der Waals surface area contributed by atoms with Crippen LogP contribution in [-0.2, 0) is 6.42 Å². The first-order chi connectivity index (χ1) is 6.99. The van der Waals surface area contributed by atoms with E-state index in [1.165, 1.54) is 6.07 Å². The normalized spacial score (nSPS) is 11.7. The molecule has 2 heteroatoms. The van der Waals surface area contributed by atoms with Crippen molar-refractivity contribution in [1.29, 1.82) is 0 Å². The van der Waals surface area contributed by atoms with Gasteiger partial charge < -0.3 is 5.32 Å². The van der Waals surface area contributed by atoms with Crippen LogP contribution in [0.5, 0.6) is 0 Å². The smallest absolute Gasteiger partial charge is 0.126 e. The Bertz CT molecular complexity index is 302. The molecule has 1 aromatic carbocycles. The van der Waals surface area contributed by atoms with Gasteiger partial charge in [0.2, 0.25) is 0 Å². The molecular formula is C13H20FN. The third kappa shape index (κ3) is 4.93. The fourth-order valence-corrected chi connectivity index (χ4v) is 1.44. The minimum Gasteiger partial charge on any atom is -0.312 e. The Kier molecular flexibility index (Phi) is 4.28. The van der Waals surface area contributed by atoms with Crippen LogP contribution < -0.4 is 5.32 Å².